The fraction of sp³-hybridized carbons (Fsp3) is 0.350. The van der Waals surface area contributed by atoms with E-state index < -0.39 is 0 Å². The summed E-state index contributed by atoms with van der Waals surface area (Å²) in [5.41, 5.74) is 2.57. The second-order valence-electron chi connectivity index (χ2n) is 6.82. The molecule has 134 valence electrons. The topological polar surface area (TPSA) is 59.3 Å². The van der Waals surface area contributed by atoms with Crippen molar-refractivity contribution in [3.05, 3.63) is 64.6 Å². The summed E-state index contributed by atoms with van der Waals surface area (Å²) in [5, 5.41) is 12.3. The molecule has 1 aliphatic carbocycles. The summed E-state index contributed by atoms with van der Waals surface area (Å²) in [7, 11) is 0. The van der Waals surface area contributed by atoms with Crippen LogP contribution in [0, 0.1) is 0 Å². The monoisotopic (exact) mass is 368 g/mol. The van der Waals surface area contributed by atoms with Crippen molar-refractivity contribution in [1.29, 1.82) is 0 Å². The molecule has 0 aliphatic heterocycles. The van der Waals surface area contributed by atoms with Gasteiger partial charge in [0.1, 0.15) is 5.82 Å². The Balaban J connectivity index is 1.44. The Hall–Kier alpha value is -2.40. The number of rotatable bonds is 5. The number of carbonyl (C=O) groups is 1. The highest BCUT2D eigenvalue weighted by Gasteiger charge is 2.22. The number of halogens is 1. The molecule has 0 unspecified atom stereocenters. The predicted molar refractivity (Wildman–Crippen MR) is 102 cm³/mol. The molecule has 1 saturated carbocycles. The molecule has 0 bridgehead atoms. The number of amides is 1. The molecule has 26 heavy (non-hydrogen) atoms. The summed E-state index contributed by atoms with van der Waals surface area (Å²) in [6.07, 6.45) is 7.41. The lowest BCUT2D eigenvalue weighted by molar-refractivity contribution is 0.0953. The van der Waals surface area contributed by atoms with Gasteiger partial charge in [-0.2, -0.15) is 0 Å². The molecule has 5 nitrogen and oxygen atoms in total. The van der Waals surface area contributed by atoms with Gasteiger partial charge in [-0.15, -0.1) is 10.2 Å². The predicted octanol–water partition coefficient (Wildman–Crippen LogP) is 4.01. The third kappa shape index (κ3) is 3.58. The quantitative estimate of drug-likeness (QED) is 0.740. The first-order valence-corrected chi connectivity index (χ1v) is 9.46. The van der Waals surface area contributed by atoms with Crippen LogP contribution in [0.15, 0.2) is 42.6 Å². The minimum absolute atomic E-state index is 0.0769. The number of hydrogen-bond acceptors (Lipinski definition) is 3. The first-order valence-electron chi connectivity index (χ1n) is 9.08. The van der Waals surface area contributed by atoms with Gasteiger partial charge in [0.25, 0.3) is 5.91 Å². The van der Waals surface area contributed by atoms with Crippen LogP contribution in [-0.2, 0) is 6.42 Å². The van der Waals surface area contributed by atoms with Gasteiger partial charge in [-0.3, -0.25) is 9.20 Å². The Kier molecular flexibility index (Phi) is 4.89. The Morgan fingerprint density at radius 2 is 1.88 bits per heavy atom. The number of aromatic nitrogens is 3. The van der Waals surface area contributed by atoms with Crippen LogP contribution >= 0.6 is 11.6 Å². The summed E-state index contributed by atoms with van der Waals surface area (Å²) < 4.78 is 1.98. The Bertz CT molecular complexity index is 913. The number of hydrogen-bond donors (Lipinski definition) is 1. The number of nitrogens with zero attached hydrogens (tertiary/aromatic N) is 3. The van der Waals surface area contributed by atoms with Crippen molar-refractivity contribution in [3.8, 4) is 0 Å². The molecule has 1 fully saturated rings. The van der Waals surface area contributed by atoms with Crippen molar-refractivity contribution in [3.63, 3.8) is 0 Å². The second kappa shape index (κ2) is 7.46. The van der Waals surface area contributed by atoms with E-state index in [0.717, 1.165) is 41.3 Å². The van der Waals surface area contributed by atoms with Gasteiger partial charge in [0.2, 0.25) is 0 Å². The largest absolute Gasteiger partial charge is 0.352 e. The molecular formula is C20H21ClN4O. The maximum atomic E-state index is 12.5. The van der Waals surface area contributed by atoms with Crippen LogP contribution in [0.3, 0.4) is 0 Å². The zero-order valence-electron chi connectivity index (χ0n) is 14.5. The zero-order valence-corrected chi connectivity index (χ0v) is 15.2. The summed E-state index contributed by atoms with van der Waals surface area (Å²) in [5.74, 6) is 1.36. The van der Waals surface area contributed by atoms with Crippen molar-refractivity contribution < 1.29 is 4.79 Å². The SMILES string of the molecule is O=C(NCCc1ccc(Cl)cc1)c1ccc2nnc(C3CCCC3)n2c1. The molecule has 2 heterocycles. The Labute approximate surface area is 157 Å². The second-order valence-corrected chi connectivity index (χ2v) is 7.25. The van der Waals surface area contributed by atoms with Crippen molar-refractivity contribution in [2.24, 2.45) is 0 Å². The lowest BCUT2D eigenvalue weighted by Gasteiger charge is -2.09. The van der Waals surface area contributed by atoms with Crippen LogP contribution in [-0.4, -0.2) is 27.0 Å². The molecule has 0 saturated heterocycles. The highest BCUT2D eigenvalue weighted by atomic mass is 35.5. The van der Waals surface area contributed by atoms with Crippen molar-refractivity contribution in [2.45, 2.75) is 38.0 Å². The molecule has 1 amide bonds. The molecule has 4 rings (SSSR count). The third-order valence-corrected chi connectivity index (χ3v) is 5.28. The maximum absolute atomic E-state index is 12.5. The van der Waals surface area contributed by atoms with E-state index in [1.54, 1.807) is 6.07 Å². The van der Waals surface area contributed by atoms with Crippen molar-refractivity contribution in [1.82, 2.24) is 19.9 Å². The van der Waals surface area contributed by atoms with Gasteiger partial charge in [0.05, 0.1) is 5.56 Å². The fourth-order valence-electron chi connectivity index (χ4n) is 3.58. The molecule has 1 N–H and O–H groups in total. The first-order chi connectivity index (χ1) is 12.7. The highest BCUT2D eigenvalue weighted by molar-refractivity contribution is 6.30. The van der Waals surface area contributed by atoms with Crippen LogP contribution in [0.25, 0.3) is 5.65 Å². The summed E-state index contributed by atoms with van der Waals surface area (Å²) in [4.78, 5) is 12.5. The fourth-order valence-corrected chi connectivity index (χ4v) is 3.70. The molecule has 0 radical (unpaired) electrons. The average Bonchev–Trinajstić information content (AvgIpc) is 3.31. The average molecular weight is 369 g/mol. The molecule has 1 aromatic carbocycles. The van der Waals surface area contributed by atoms with E-state index in [1.807, 2.05) is 40.9 Å². The van der Waals surface area contributed by atoms with Crippen LogP contribution in [0.2, 0.25) is 5.02 Å². The van der Waals surface area contributed by atoms with E-state index in [-0.39, 0.29) is 5.91 Å². The molecule has 1 aliphatic rings. The lowest BCUT2D eigenvalue weighted by Crippen LogP contribution is -2.26. The van der Waals surface area contributed by atoms with Gasteiger partial charge < -0.3 is 5.32 Å². The van der Waals surface area contributed by atoms with Crippen molar-refractivity contribution >= 4 is 23.2 Å². The van der Waals surface area contributed by atoms with Crippen LogP contribution in [0.4, 0.5) is 0 Å². The molecule has 6 heteroatoms. The minimum atomic E-state index is -0.0769. The molecule has 0 spiro atoms. The molecule has 3 aromatic rings. The van der Waals surface area contributed by atoms with Crippen LogP contribution < -0.4 is 5.32 Å². The summed E-state index contributed by atoms with van der Waals surface area (Å²) in [6, 6.07) is 11.4. The van der Waals surface area contributed by atoms with Gasteiger partial charge in [0, 0.05) is 23.7 Å². The van der Waals surface area contributed by atoms with Crippen LogP contribution in [0.5, 0.6) is 0 Å². The minimum Gasteiger partial charge on any atom is -0.352 e. The van der Waals surface area contributed by atoms with Gasteiger partial charge >= 0.3 is 0 Å². The summed E-state index contributed by atoms with van der Waals surface area (Å²) >= 11 is 5.89. The summed E-state index contributed by atoms with van der Waals surface area (Å²) in [6.45, 7) is 0.580. The van der Waals surface area contributed by atoms with E-state index in [1.165, 1.54) is 12.8 Å². The van der Waals surface area contributed by atoms with Crippen molar-refractivity contribution in [2.75, 3.05) is 6.54 Å². The van der Waals surface area contributed by atoms with Gasteiger partial charge in [-0.25, -0.2) is 0 Å². The maximum Gasteiger partial charge on any atom is 0.252 e. The third-order valence-electron chi connectivity index (χ3n) is 5.02. The number of pyridine rings is 1. The van der Waals surface area contributed by atoms with Gasteiger partial charge in [0.15, 0.2) is 5.65 Å². The first kappa shape index (κ1) is 17.0. The molecule has 0 atom stereocenters. The molecular weight excluding hydrogens is 348 g/mol. The smallest absolute Gasteiger partial charge is 0.252 e. The standard InChI is InChI=1S/C20H21ClN4O/c21-17-8-5-14(6-9-17)11-12-22-20(26)16-7-10-18-23-24-19(25(18)13-16)15-3-1-2-4-15/h5-10,13,15H,1-4,11-12H2,(H,22,26). The van der Waals surface area contributed by atoms with E-state index in [2.05, 4.69) is 15.5 Å². The van der Waals surface area contributed by atoms with Gasteiger partial charge in [-0.1, -0.05) is 36.6 Å². The van der Waals surface area contributed by atoms with E-state index in [4.69, 9.17) is 11.6 Å². The van der Waals surface area contributed by atoms with E-state index >= 15 is 0 Å². The number of carbonyl (C=O) groups excluding carboxylic acids is 1. The Morgan fingerprint density at radius 1 is 1.12 bits per heavy atom. The lowest BCUT2D eigenvalue weighted by atomic mass is 10.1. The zero-order chi connectivity index (χ0) is 17.9. The molecule has 2 aromatic heterocycles. The number of benzene rings is 1. The van der Waals surface area contributed by atoms with E-state index in [9.17, 15) is 4.79 Å². The highest BCUT2D eigenvalue weighted by Crippen LogP contribution is 2.33. The van der Waals surface area contributed by atoms with Crippen LogP contribution in [0.1, 0.15) is 53.3 Å². The normalized spacial score (nSPS) is 14.8. The number of nitrogens with one attached hydrogen (secondary N) is 1. The van der Waals surface area contributed by atoms with E-state index in [0.29, 0.717) is 18.0 Å². The Morgan fingerprint density at radius 3 is 2.65 bits per heavy atom. The number of fused-ring (bicyclic) bond motifs is 1. The van der Waals surface area contributed by atoms with Gasteiger partial charge in [-0.05, 0) is 49.1 Å².